The second-order valence-electron chi connectivity index (χ2n) is 5.41. The summed E-state index contributed by atoms with van der Waals surface area (Å²) in [6.45, 7) is 1.91. The Hall–Kier alpha value is -0.550. The van der Waals surface area contributed by atoms with E-state index in [1.54, 1.807) is 0 Å². The molecule has 0 saturated heterocycles. The molecular weight excluding hydrogens is 248 g/mol. The summed E-state index contributed by atoms with van der Waals surface area (Å²) in [5.74, 6) is -0.0980. The maximum Gasteiger partial charge on any atom is 0.264 e. The second-order valence-corrected chi connectivity index (χ2v) is 6.88. The van der Waals surface area contributed by atoms with Gasteiger partial charge in [-0.05, 0) is 26.2 Å². The Morgan fingerprint density at radius 3 is 2.72 bits per heavy atom. The van der Waals surface area contributed by atoms with Crippen molar-refractivity contribution < 1.29 is 9.90 Å². The summed E-state index contributed by atoms with van der Waals surface area (Å²) in [5.41, 5.74) is 0. The largest absolute Gasteiger partial charge is 0.396 e. The van der Waals surface area contributed by atoms with Crippen molar-refractivity contribution in [3.8, 4) is 0 Å². The van der Waals surface area contributed by atoms with Crippen LogP contribution in [0.4, 0.5) is 0 Å². The van der Waals surface area contributed by atoms with Gasteiger partial charge in [0, 0.05) is 19.7 Å². The average Bonchev–Trinajstić information content (AvgIpc) is 2.66. The number of aliphatic hydroxyl groups is 1. The Morgan fingerprint density at radius 1 is 1.44 bits per heavy atom. The van der Waals surface area contributed by atoms with Gasteiger partial charge in [-0.3, -0.25) is 4.79 Å². The molecule has 2 aliphatic rings. The molecule has 4 nitrogen and oxygen atoms in total. The van der Waals surface area contributed by atoms with Gasteiger partial charge in [-0.15, -0.1) is 0 Å². The first-order valence-electron chi connectivity index (χ1n) is 6.72. The van der Waals surface area contributed by atoms with Crippen LogP contribution in [0.15, 0.2) is 4.99 Å². The number of hydrogen-bond donors (Lipinski definition) is 1. The van der Waals surface area contributed by atoms with Crippen LogP contribution in [0.3, 0.4) is 0 Å². The first-order valence-corrected chi connectivity index (χ1v) is 7.54. The molecule has 102 valence electrons. The highest BCUT2D eigenvalue weighted by molar-refractivity contribution is 8.16. The van der Waals surface area contributed by atoms with Gasteiger partial charge in [0.1, 0.15) is 4.75 Å². The second kappa shape index (κ2) is 5.61. The van der Waals surface area contributed by atoms with E-state index in [4.69, 9.17) is 5.11 Å². The number of carbonyl (C=O) groups excluding carboxylic acids is 1. The summed E-state index contributed by atoms with van der Waals surface area (Å²) in [4.78, 5) is 18.3. The van der Waals surface area contributed by atoms with Gasteiger partial charge in [0.25, 0.3) is 5.91 Å². The predicted octanol–water partition coefficient (Wildman–Crippen LogP) is 2.02. The monoisotopic (exact) mass is 270 g/mol. The maximum absolute atomic E-state index is 11.9. The summed E-state index contributed by atoms with van der Waals surface area (Å²) in [6.07, 6.45) is 6.73. The van der Waals surface area contributed by atoms with Gasteiger partial charge in [0.15, 0.2) is 5.17 Å². The first kappa shape index (κ1) is 13.9. The lowest BCUT2D eigenvalue weighted by molar-refractivity contribution is -0.119. The zero-order valence-corrected chi connectivity index (χ0v) is 12.0. The number of amides is 1. The van der Waals surface area contributed by atoms with Crippen LogP contribution in [0.1, 0.15) is 45.4 Å². The number of aliphatic imine (C=N–C) groups is 1. The molecule has 1 saturated carbocycles. The Bertz CT molecular complexity index is 353. The molecule has 1 fully saturated rings. The van der Waals surface area contributed by atoms with Crippen LogP contribution in [-0.2, 0) is 4.79 Å². The highest BCUT2D eigenvalue weighted by Crippen LogP contribution is 2.38. The molecule has 0 aromatic rings. The number of aliphatic hydroxyl groups excluding tert-OH is 1. The minimum Gasteiger partial charge on any atom is -0.396 e. The summed E-state index contributed by atoms with van der Waals surface area (Å²) < 4.78 is -0.562. The Morgan fingerprint density at radius 2 is 2.11 bits per heavy atom. The molecule has 1 atom stereocenters. The zero-order valence-electron chi connectivity index (χ0n) is 11.2. The third-order valence-corrected chi connectivity index (χ3v) is 5.37. The topological polar surface area (TPSA) is 52.9 Å². The summed E-state index contributed by atoms with van der Waals surface area (Å²) >= 11 is 1.51. The van der Waals surface area contributed by atoms with Gasteiger partial charge < -0.3 is 10.0 Å². The number of rotatable bonds is 3. The van der Waals surface area contributed by atoms with E-state index in [0.717, 1.165) is 5.17 Å². The zero-order chi connectivity index (χ0) is 13.2. The number of carbonyl (C=O) groups is 1. The number of amidine groups is 1. The van der Waals surface area contributed by atoms with E-state index in [-0.39, 0.29) is 12.5 Å². The summed E-state index contributed by atoms with van der Waals surface area (Å²) in [5, 5.41) is 9.89. The molecule has 1 aliphatic heterocycles. The molecule has 1 unspecified atom stereocenters. The standard InChI is InChI=1S/C13H22N2O2S/c1-13(8-9-16)11(17)14-12(18-13)15(2)10-6-4-3-5-7-10/h10,16H,3-9H2,1-2H3. The lowest BCUT2D eigenvalue weighted by Crippen LogP contribution is -2.37. The van der Waals surface area contributed by atoms with Crippen molar-refractivity contribution in [3.05, 3.63) is 0 Å². The number of thioether (sulfide) groups is 1. The Balaban J connectivity index is 2.02. The highest BCUT2D eigenvalue weighted by Gasteiger charge is 2.42. The van der Waals surface area contributed by atoms with Crippen molar-refractivity contribution in [3.63, 3.8) is 0 Å². The van der Waals surface area contributed by atoms with Crippen LogP contribution >= 0.6 is 11.8 Å². The average molecular weight is 270 g/mol. The minimum absolute atomic E-state index is 0.0329. The quantitative estimate of drug-likeness (QED) is 0.852. The molecule has 1 heterocycles. The predicted molar refractivity (Wildman–Crippen MR) is 74.8 cm³/mol. The summed E-state index contributed by atoms with van der Waals surface area (Å²) in [6, 6.07) is 0.522. The fourth-order valence-corrected chi connectivity index (χ4v) is 3.77. The Kier molecular flexibility index (Phi) is 4.33. The SMILES string of the molecule is CN(C1=NC(=O)C(C)(CCO)S1)C1CCCCC1. The van der Waals surface area contributed by atoms with Gasteiger partial charge in [-0.1, -0.05) is 31.0 Å². The lowest BCUT2D eigenvalue weighted by atomic mass is 9.95. The third-order valence-electron chi connectivity index (χ3n) is 3.98. The van der Waals surface area contributed by atoms with E-state index < -0.39 is 4.75 Å². The van der Waals surface area contributed by atoms with Crippen molar-refractivity contribution >= 4 is 22.8 Å². The van der Waals surface area contributed by atoms with Gasteiger partial charge in [-0.25, -0.2) is 0 Å². The van der Waals surface area contributed by atoms with Crippen LogP contribution in [0.2, 0.25) is 0 Å². The molecule has 0 spiro atoms. The van der Waals surface area contributed by atoms with Crippen molar-refractivity contribution in [1.29, 1.82) is 0 Å². The van der Waals surface area contributed by atoms with E-state index in [9.17, 15) is 4.79 Å². The van der Waals surface area contributed by atoms with Crippen molar-refractivity contribution in [2.45, 2.75) is 56.2 Å². The van der Waals surface area contributed by atoms with E-state index >= 15 is 0 Å². The molecule has 1 aliphatic carbocycles. The third kappa shape index (κ3) is 2.72. The molecule has 0 aromatic heterocycles. The van der Waals surface area contributed by atoms with E-state index in [1.807, 2.05) is 14.0 Å². The molecule has 0 bridgehead atoms. The smallest absolute Gasteiger partial charge is 0.264 e. The molecule has 0 aromatic carbocycles. The number of nitrogens with zero attached hydrogens (tertiary/aromatic N) is 2. The molecule has 18 heavy (non-hydrogen) atoms. The van der Waals surface area contributed by atoms with Gasteiger partial charge in [0.05, 0.1) is 0 Å². The fourth-order valence-electron chi connectivity index (χ4n) is 2.62. The molecule has 0 radical (unpaired) electrons. The molecular formula is C13H22N2O2S. The summed E-state index contributed by atoms with van der Waals surface area (Å²) in [7, 11) is 2.04. The molecule has 5 heteroatoms. The van der Waals surface area contributed by atoms with Gasteiger partial charge in [-0.2, -0.15) is 4.99 Å². The lowest BCUT2D eigenvalue weighted by Gasteiger charge is -2.32. The van der Waals surface area contributed by atoms with Gasteiger partial charge >= 0.3 is 0 Å². The van der Waals surface area contributed by atoms with Crippen molar-refractivity contribution in [2.75, 3.05) is 13.7 Å². The van der Waals surface area contributed by atoms with Crippen molar-refractivity contribution in [1.82, 2.24) is 4.90 Å². The van der Waals surface area contributed by atoms with Crippen molar-refractivity contribution in [2.24, 2.45) is 4.99 Å². The highest BCUT2D eigenvalue weighted by atomic mass is 32.2. The Labute approximate surface area is 113 Å². The van der Waals surface area contributed by atoms with E-state index in [2.05, 4.69) is 9.89 Å². The minimum atomic E-state index is -0.562. The fraction of sp³-hybridized carbons (Fsp3) is 0.846. The van der Waals surface area contributed by atoms with Crippen LogP contribution in [0.25, 0.3) is 0 Å². The molecule has 1 amide bonds. The molecule has 1 N–H and O–H groups in total. The van der Waals surface area contributed by atoms with Crippen LogP contribution in [-0.4, -0.2) is 45.5 Å². The first-order chi connectivity index (χ1) is 8.57. The van der Waals surface area contributed by atoms with E-state index in [1.165, 1.54) is 43.9 Å². The van der Waals surface area contributed by atoms with Crippen LogP contribution in [0, 0.1) is 0 Å². The normalized spacial score (nSPS) is 29.5. The maximum atomic E-state index is 11.9. The van der Waals surface area contributed by atoms with Crippen LogP contribution < -0.4 is 0 Å². The molecule has 2 rings (SSSR count). The number of hydrogen-bond acceptors (Lipinski definition) is 4. The van der Waals surface area contributed by atoms with Crippen LogP contribution in [0.5, 0.6) is 0 Å². The van der Waals surface area contributed by atoms with E-state index in [0.29, 0.717) is 12.5 Å². The van der Waals surface area contributed by atoms with Gasteiger partial charge in [0.2, 0.25) is 0 Å².